The highest BCUT2D eigenvalue weighted by molar-refractivity contribution is 6.34. The number of aryl methyl sites for hydroxylation is 2. The first-order valence-corrected chi connectivity index (χ1v) is 8.06. The Kier molecular flexibility index (Phi) is 4.41. The Morgan fingerprint density at radius 2 is 2.22 bits per heavy atom. The third kappa shape index (κ3) is 3.26. The van der Waals surface area contributed by atoms with E-state index in [1.807, 2.05) is 32.3 Å². The zero-order valence-electron chi connectivity index (χ0n) is 13.2. The van der Waals surface area contributed by atoms with E-state index >= 15 is 0 Å². The van der Waals surface area contributed by atoms with Crippen LogP contribution in [0.25, 0.3) is 0 Å². The van der Waals surface area contributed by atoms with Crippen molar-refractivity contribution in [1.29, 1.82) is 0 Å². The quantitative estimate of drug-likeness (QED) is 0.903. The summed E-state index contributed by atoms with van der Waals surface area (Å²) in [4.78, 5) is 12.7. The van der Waals surface area contributed by atoms with Crippen molar-refractivity contribution in [3.05, 3.63) is 52.3 Å². The van der Waals surface area contributed by atoms with Crippen LogP contribution >= 0.6 is 11.6 Å². The first kappa shape index (κ1) is 16.0. The summed E-state index contributed by atoms with van der Waals surface area (Å²) in [5.41, 5.74) is 2.29. The molecule has 1 saturated carbocycles. The van der Waals surface area contributed by atoms with E-state index in [1.165, 1.54) is 0 Å². The van der Waals surface area contributed by atoms with Crippen molar-refractivity contribution < 1.29 is 9.90 Å². The molecular formula is C17H20ClN3O2. The Bertz CT molecular complexity index is 702. The lowest BCUT2D eigenvalue weighted by Gasteiger charge is -2.37. The van der Waals surface area contributed by atoms with Gasteiger partial charge in [-0.15, -0.1) is 0 Å². The highest BCUT2D eigenvalue weighted by Gasteiger charge is 2.36. The fourth-order valence-corrected chi connectivity index (χ4v) is 3.42. The number of aliphatic hydroxyl groups excluding tert-OH is 1. The van der Waals surface area contributed by atoms with E-state index in [2.05, 4.69) is 10.4 Å². The van der Waals surface area contributed by atoms with Crippen LogP contribution in [0, 0.1) is 12.8 Å². The first-order valence-electron chi connectivity index (χ1n) is 7.68. The standard InChI is InChI=1S/C17H20ClN3O2/c1-10-4-3-5-14(18)15(10)17(23)20-16(11-6-13(22)7-11)12-8-19-21(2)9-12/h3-5,8-9,11,13,16,22H,6-7H2,1-2H3,(H,20,23)/t11?,13?,16-/m1/s1. The number of amides is 1. The van der Waals surface area contributed by atoms with E-state index in [4.69, 9.17) is 11.6 Å². The van der Waals surface area contributed by atoms with Gasteiger partial charge in [-0.1, -0.05) is 23.7 Å². The SMILES string of the molecule is Cc1cccc(Cl)c1C(=O)N[C@@H](c1cnn(C)c1)C1CC(O)C1. The summed E-state index contributed by atoms with van der Waals surface area (Å²) in [7, 11) is 1.84. The predicted molar refractivity (Wildman–Crippen MR) is 88.3 cm³/mol. The van der Waals surface area contributed by atoms with Crippen LogP contribution in [0.1, 0.15) is 40.4 Å². The number of carbonyl (C=O) groups excluding carboxylic acids is 1. The summed E-state index contributed by atoms with van der Waals surface area (Å²) in [6.07, 6.45) is 4.74. The van der Waals surface area contributed by atoms with Gasteiger partial charge in [-0.05, 0) is 37.3 Å². The molecule has 2 aromatic rings. The highest BCUT2D eigenvalue weighted by atomic mass is 35.5. The van der Waals surface area contributed by atoms with Gasteiger partial charge in [0.25, 0.3) is 5.91 Å². The molecular weight excluding hydrogens is 314 g/mol. The molecule has 2 N–H and O–H groups in total. The third-order valence-corrected chi connectivity index (χ3v) is 4.76. The van der Waals surface area contributed by atoms with Crippen molar-refractivity contribution in [3.8, 4) is 0 Å². The van der Waals surface area contributed by atoms with Crippen LogP contribution in [-0.4, -0.2) is 26.9 Å². The average Bonchev–Trinajstić information content (AvgIpc) is 2.88. The van der Waals surface area contributed by atoms with Gasteiger partial charge in [0.2, 0.25) is 0 Å². The minimum absolute atomic E-state index is 0.171. The number of hydrogen-bond donors (Lipinski definition) is 2. The van der Waals surface area contributed by atoms with Gasteiger partial charge in [0.05, 0.1) is 28.9 Å². The number of nitrogens with zero attached hydrogens (tertiary/aromatic N) is 2. The molecule has 0 radical (unpaired) electrons. The molecule has 1 atom stereocenters. The number of aromatic nitrogens is 2. The van der Waals surface area contributed by atoms with Crippen LogP contribution in [0.15, 0.2) is 30.6 Å². The monoisotopic (exact) mass is 333 g/mol. The molecule has 1 amide bonds. The van der Waals surface area contributed by atoms with E-state index < -0.39 is 0 Å². The van der Waals surface area contributed by atoms with Crippen molar-refractivity contribution in [2.24, 2.45) is 13.0 Å². The van der Waals surface area contributed by atoms with Crippen LogP contribution in [-0.2, 0) is 7.05 Å². The second kappa shape index (κ2) is 6.34. The Balaban J connectivity index is 1.85. The molecule has 1 heterocycles. The number of rotatable bonds is 4. The van der Waals surface area contributed by atoms with Gasteiger partial charge in [0, 0.05) is 18.8 Å². The lowest BCUT2D eigenvalue weighted by Crippen LogP contribution is -2.41. The molecule has 122 valence electrons. The fourth-order valence-electron chi connectivity index (χ4n) is 3.11. The molecule has 1 aromatic carbocycles. The van der Waals surface area contributed by atoms with Crippen LogP contribution in [0.5, 0.6) is 0 Å². The molecule has 0 unspecified atom stereocenters. The van der Waals surface area contributed by atoms with Gasteiger partial charge in [0.1, 0.15) is 0 Å². The number of aliphatic hydroxyl groups is 1. The van der Waals surface area contributed by atoms with Gasteiger partial charge in [-0.3, -0.25) is 9.48 Å². The molecule has 3 rings (SSSR count). The van der Waals surface area contributed by atoms with Crippen LogP contribution in [0.2, 0.25) is 5.02 Å². The molecule has 0 saturated heterocycles. The minimum Gasteiger partial charge on any atom is -0.393 e. The van der Waals surface area contributed by atoms with E-state index in [1.54, 1.807) is 16.9 Å². The number of hydrogen-bond acceptors (Lipinski definition) is 3. The molecule has 0 aliphatic heterocycles. The van der Waals surface area contributed by atoms with Gasteiger partial charge < -0.3 is 10.4 Å². The van der Waals surface area contributed by atoms with Gasteiger partial charge in [0.15, 0.2) is 0 Å². The Morgan fingerprint density at radius 1 is 1.48 bits per heavy atom. The number of carbonyl (C=O) groups is 1. The van der Waals surface area contributed by atoms with Gasteiger partial charge in [-0.2, -0.15) is 5.10 Å². The van der Waals surface area contributed by atoms with Crippen LogP contribution in [0.3, 0.4) is 0 Å². The Labute approximate surface area is 140 Å². The van der Waals surface area contributed by atoms with Gasteiger partial charge >= 0.3 is 0 Å². The second-order valence-electron chi connectivity index (χ2n) is 6.22. The van der Waals surface area contributed by atoms with Crippen molar-refractivity contribution in [3.63, 3.8) is 0 Å². The summed E-state index contributed by atoms with van der Waals surface area (Å²) < 4.78 is 1.71. The minimum atomic E-state index is -0.280. The molecule has 0 spiro atoms. The van der Waals surface area contributed by atoms with E-state index in [-0.39, 0.29) is 24.0 Å². The molecule has 1 aliphatic rings. The molecule has 1 fully saturated rings. The molecule has 0 bridgehead atoms. The molecule has 1 aliphatic carbocycles. The maximum absolute atomic E-state index is 12.7. The smallest absolute Gasteiger partial charge is 0.253 e. The maximum Gasteiger partial charge on any atom is 0.253 e. The van der Waals surface area contributed by atoms with Crippen molar-refractivity contribution in [1.82, 2.24) is 15.1 Å². The van der Waals surface area contributed by atoms with E-state index in [0.29, 0.717) is 23.4 Å². The Morgan fingerprint density at radius 3 is 2.78 bits per heavy atom. The summed E-state index contributed by atoms with van der Waals surface area (Å²) in [6.45, 7) is 1.87. The van der Waals surface area contributed by atoms with Crippen LogP contribution in [0.4, 0.5) is 0 Å². The molecule has 6 heteroatoms. The maximum atomic E-state index is 12.7. The zero-order valence-corrected chi connectivity index (χ0v) is 13.9. The average molecular weight is 334 g/mol. The normalized spacial score (nSPS) is 21.6. The number of benzene rings is 1. The molecule has 5 nitrogen and oxygen atoms in total. The summed E-state index contributed by atoms with van der Waals surface area (Å²) in [5, 5.41) is 17.3. The lowest BCUT2D eigenvalue weighted by atomic mass is 9.75. The largest absolute Gasteiger partial charge is 0.393 e. The Hall–Kier alpha value is -1.85. The van der Waals surface area contributed by atoms with Gasteiger partial charge in [-0.25, -0.2) is 0 Å². The number of halogens is 1. The van der Waals surface area contributed by atoms with Crippen molar-refractivity contribution in [2.45, 2.75) is 31.9 Å². The fraction of sp³-hybridized carbons (Fsp3) is 0.412. The summed E-state index contributed by atoms with van der Waals surface area (Å²) in [5.74, 6) is 0.0179. The number of nitrogens with one attached hydrogen (secondary N) is 1. The van der Waals surface area contributed by atoms with E-state index in [0.717, 1.165) is 11.1 Å². The van der Waals surface area contributed by atoms with Crippen LogP contribution < -0.4 is 5.32 Å². The van der Waals surface area contributed by atoms with Crippen molar-refractivity contribution in [2.75, 3.05) is 0 Å². The van der Waals surface area contributed by atoms with Crippen molar-refractivity contribution >= 4 is 17.5 Å². The summed E-state index contributed by atoms with van der Waals surface area (Å²) >= 11 is 6.19. The third-order valence-electron chi connectivity index (χ3n) is 4.44. The highest BCUT2D eigenvalue weighted by Crippen LogP contribution is 2.38. The van der Waals surface area contributed by atoms with E-state index in [9.17, 15) is 9.90 Å². The molecule has 1 aromatic heterocycles. The lowest BCUT2D eigenvalue weighted by molar-refractivity contribution is 0.0235. The molecule has 23 heavy (non-hydrogen) atoms. The second-order valence-corrected chi connectivity index (χ2v) is 6.62. The first-order chi connectivity index (χ1) is 11.0. The topological polar surface area (TPSA) is 67.2 Å². The predicted octanol–water partition coefficient (Wildman–Crippen LogP) is 2.62. The summed E-state index contributed by atoms with van der Waals surface area (Å²) in [6, 6.07) is 5.24. The zero-order chi connectivity index (χ0) is 16.6.